The number of allylic oxidation sites excluding steroid dienone is 2. The molecule has 2 nitrogen and oxygen atoms in total. The molecule has 0 spiro atoms. The van der Waals surface area contributed by atoms with E-state index >= 15 is 0 Å². The van der Waals surface area contributed by atoms with Gasteiger partial charge in [-0.1, -0.05) is 0 Å². The van der Waals surface area contributed by atoms with E-state index in [9.17, 15) is 0 Å². The van der Waals surface area contributed by atoms with Crippen molar-refractivity contribution in [3.8, 4) is 0 Å². The molecule has 0 saturated carbocycles. The molecule has 0 bridgehead atoms. The number of hydrogen-bond donors (Lipinski definition) is 1. The van der Waals surface area contributed by atoms with E-state index in [1.54, 1.807) is 0 Å². The van der Waals surface area contributed by atoms with E-state index in [0.29, 0.717) is 0 Å². The Morgan fingerprint density at radius 3 is 1.91 bits per heavy atom. The van der Waals surface area contributed by atoms with Gasteiger partial charge in [-0.3, -0.25) is 4.79 Å². The summed E-state index contributed by atoms with van der Waals surface area (Å²) in [6.07, 6.45) is 3.92. The van der Waals surface area contributed by atoms with Gasteiger partial charge in [-0.05, 0) is 0 Å². The van der Waals surface area contributed by atoms with E-state index in [1.807, 2.05) is 12.2 Å². The van der Waals surface area contributed by atoms with Crippen LogP contribution in [0, 0.1) is 0 Å². The number of carboxylic acids is 1. The maximum absolute atomic E-state index is 9.00. The van der Waals surface area contributed by atoms with Gasteiger partial charge in [0.1, 0.15) is 0 Å². The summed E-state index contributed by atoms with van der Waals surface area (Å²) >= 11 is 0.740. The topological polar surface area (TPSA) is 37.3 Å². The third kappa shape index (κ3) is 43.9. The molecule has 0 aromatic rings. The van der Waals surface area contributed by atoms with Crippen LogP contribution in [0.4, 0.5) is 0 Å². The number of hydrogen-bond acceptors (Lipinski definition) is 1. The third-order valence-electron chi connectivity index (χ3n) is 0.471. The zero-order valence-electron chi connectivity index (χ0n) is 6.75. The zero-order chi connectivity index (χ0) is 9.11. The van der Waals surface area contributed by atoms with Crippen LogP contribution >= 0.6 is 0 Å². The van der Waals surface area contributed by atoms with Gasteiger partial charge in [0.2, 0.25) is 0 Å². The first-order valence-electron chi connectivity index (χ1n) is 3.14. The maximum Gasteiger partial charge on any atom is 0.300 e. The molecule has 0 atom stereocenters. The predicted octanol–water partition coefficient (Wildman–Crippen LogP) is 1.99. The minimum atomic E-state index is -0.833. The Labute approximate surface area is 74.2 Å². The second-order valence-electron chi connectivity index (χ2n) is 1.63. The Hall–Kier alpha value is -0.531. The average molecular weight is 221 g/mol. The summed E-state index contributed by atoms with van der Waals surface area (Å²) in [6.45, 7) is 8.31. The van der Waals surface area contributed by atoms with Gasteiger partial charge in [-0.15, -0.1) is 0 Å². The van der Waals surface area contributed by atoms with Gasteiger partial charge >= 0.3 is 50.9 Å². The summed E-state index contributed by atoms with van der Waals surface area (Å²) in [5.41, 5.74) is 0. The van der Waals surface area contributed by atoms with Gasteiger partial charge in [-0.2, -0.15) is 0 Å². The molecule has 0 unspecified atom stereocenters. The molecular weight excluding hydrogens is 207 g/mol. The molecule has 0 aliphatic heterocycles. The molecule has 0 aliphatic carbocycles. The van der Waals surface area contributed by atoms with Crippen molar-refractivity contribution in [3.05, 3.63) is 25.3 Å². The molecule has 0 aliphatic rings. The molecule has 1 N–H and O–H groups in total. The zero-order valence-corrected chi connectivity index (χ0v) is 8.46. The second kappa shape index (κ2) is 12.2. The number of rotatable bonds is 4. The fraction of sp³-hybridized carbons (Fsp3) is 0.375. The van der Waals surface area contributed by atoms with E-state index in [2.05, 4.69) is 13.2 Å². The summed E-state index contributed by atoms with van der Waals surface area (Å²) in [5.74, 6) is -0.833. The molecule has 11 heavy (non-hydrogen) atoms. The van der Waals surface area contributed by atoms with Crippen LogP contribution < -0.4 is 0 Å². The number of aliphatic carboxylic acids is 1. The third-order valence-corrected chi connectivity index (χ3v) is 2.45. The van der Waals surface area contributed by atoms with Crippen LogP contribution in [0.1, 0.15) is 6.92 Å². The summed E-state index contributed by atoms with van der Waals surface area (Å²) in [6, 6.07) is 0. The molecule has 0 aromatic carbocycles. The first kappa shape index (κ1) is 13.1. The Kier molecular flexibility index (Phi) is 14.5. The predicted molar refractivity (Wildman–Crippen MR) is 49.1 cm³/mol. The van der Waals surface area contributed by atoms with Crippen molar-refractivity contribution in [1.29, 1.82) is 0 Å². The SMILES string of the molecule is C=CC[Se]CC=C.CC(=O)O. The van der Waals surface area contributed by atoms with Gasteiger partial charge < -0.3 is 5.11 Å². The summed E-state index contributed by atoms with van der Waals surface area (Å²) < 4.78 is 0. The van der Waals surface area contributed by atoms with Crippen LogP contribution in [0.25, 0.3) is 0 Å². The van der Waals surface area contributed by atoms with Crippen molar-refractivity contribution < 1.29 is 9.90 Å². The van der Waals surface area contributed by atoms with E-state index in [0.717, 1.165) is 21.9 Å². The smallest absolute Gasteiger partial charge is 0.300 e. The average Bonchev–Trinajstić information content (AvgIpc) is 1.88. The van der Waals surface area contributed by atoms with Crippen LogP contribution in [0.5, 0.6) is 0 Å². The van der Waals surface area contributed by atoms with Gasteiger partial charge in [-0.25, -0.2) is 0 Å². The van der Waals surface area contributed by atoms with Gasteiger partial charge in [0.15, 0.2) is 0 Å². The summed E-state index contributed by atoms with van der Waals surface area (Å²) in [7, 11) is 0. The normalized spacial score (nSPS) is 7.36. The summed E-state index contributed by atoms with van der Waals surface area (Å²) in [5, 5.41) is 9.78. The van der Waals surface area contributed by atoms with Crippen molar-refractivity contribution in [1.82, 2.24) is 0 Å². The Morgan fingerprint density at radius 1 is 1.45 bits per heavy atom. The standard InChI is InChI=1S/C6H10Se.C2H4O2/c1-3-5-7-6-4-2;1-2(3)4/h3-4H,1-2,5-6H2;1H3,(H,3,4). The van der Waals surface area contributed by atoms with Crippen molar-refractivity contribution in [2.24, 2.45) is 0 Å². The number of carboxylic acid groups (broad SMARTS) is 1. The van der Waals surface area contributed by atoms with E-state index in [1.165, 1.54) is 10.6 Å². The Bertz CT molecular complexity index is 109. The molecule has 0 amide bonds. The van der Waals surface area contributed by atoms with E-state index in [-0.39, 0.29) is 0 Å². The van der Waals surface area contributed by atoms with Crippen molar-refractivity contribution in [3.63, 3.8) is 0 Å². The van der Waals surface area contributed by atoms with Gasteiger partial charge in [0.25, 0.3) is 5.97 Å². The Balaban J connectivity index is 0. The van der Waals surface area contributed by atoms with Crippen LogP contribution in [0.2, 0.25) is 10.6 Å². The minimum Gasteiger partial charge on any atom is -0.481 e. The maximum atomic E-state index is 9.00. The van der Waals surface area contributed by atoms with Crippen LogP contribution in [-0.2, 0) is 4.79 Å². The quantitative estimate of drug-likeness (QED) is 0.447. The monoisotopic (exact) mass is 222 g/mol. The van der Waals surface area contributed by atoms with Crippen molar-refractivity contribution in [2.75, 3.05) is 0 Å². The first-order chi connectivity index (χ1) is 5.15. The molecule has 0 fully saturated rings. The van der Waals surface area contributed by atoms with Crippen LogP contribution in [0.3, 0.4) is 0 Å². The molecule has 0 radical (unpaired) electrons. The largest absolute Gasteiger partial charge is 0.481 e. The molecular formula is C8H14O2Se. The molecule has 0 saturated heterocycles. The molecule has 0 rings (SSSR count). The molecule has 3 heteroatoms. The minimum absolute atomic E-state index is 0.740. The van der Waals surface area contributed by atoms with Crippen molar-refractivity contribution in [2.45, 2.75) is 17.6 Å². The van der Waals surface area contributed by atoms with E-state index < -0.39 is 5.97 Å². The van der Waals surface area contributed by atoms with E-state index in [4.69, 9.17) is 9.90 Å². The molecule has 0 heterocycles. The fourth-order valence-electron chi connectivity index (χ4n) is 0.235. The Morgan fingerprint density at radius 2 is 1.73 bits per heavy atom. The second-order valence-corrected chi connectivity index (χ2v) is 3.89. The number of carbonyl (C=O) groups is 1. The molecule has 64 valence electrons. The fourth-order valence-corrected chi connectivity index (χ4v) is 1.22. The van der Waals surface area contributed by atoms with Gasteiger partial charge in [0.05, 0.1) is 0 Å². The van der Waals surface area contributed by atoms with Crippen LogP contribution in [-0.4, -0.2) is 26.0 Å². The van der Waals surface area contributed by atoms with Crippen LogP contribution in [0.15, 0.2) is 25.3 Å². The van der Waals surface area contributed by atoms with Gasteiger partial charge in [0, 0.05) is 6.92 Å². The summed E-state index contributed by atoms with van der Waals surface area (Å²) in [4.78, 5) is 9.00. The molecule has 0 aromatic heterocycles. The first-order valence-corrected chi connectivity index (χ1v) is 5.56. The van der Waals surface area contributed by atoms with Crippen molar-refractivity contribution >= 4 is 20.9 Å².